The van der Waals surface area contributed by atoms with Crippen molar-refractivity contribution in [3.63, 3.8) is 0 Å². The van der Waals surface area contributed by atoms with E-state index in [1.165, 1.54) is 31.2 Å². The van der Waals surface area contributed by atoms with Crippen molar-refractivity contribution >= 4 is 11.0 Å². The molecule has 0 radical (unpaired) electrons. The number of nitrogens with zero attached hydrogens (tertiary/aromatic N) is 2. The maximum Gasteiger partial charge on any atom is 0.111 e. The van der Waals surface area contributed by atoms with E-state index in [0.717, 1.165) is 23.7 Å². The lowest BCUT2D eigenvalue weighted by Crippen LogP contribution is -2.42. The second kappa shape index (κ2) is 6.16. The van der Waals surface area contributed by atoms with Gasteiger partial charge in [-0.25, -0.2) is 4.98 Å². The molecule has 4 heteroatoms. The number of hydrogen-bond acceptors (Lipinski definition) is 3. The van der Waals surface area contributed by atoms with Crippen LogP contribution in [0.2, 0.25) is 0 Å². The van der Waals surface area contributed by atoms with Crippen LogP contribution in [0.25, 0.3) is 11.0 Å². The highest BCUT2D eigenvalue weighted by Gasteiger charge is 2.30. The van der Waals surface area contributed by atoms with E-state index in [9.17, 15) is 0 Å². The largest absolute Gasteiger partial charge is 0.331 e. The fourth-order valence-corrected chi connectivity index (χ4v) is 3.79. The molecule has 3 N–H and O–H groups in total. The van der Waals surface area contributed by atoms with Crippen LogP contribution in [0.1, 0.15) is 38.4 Å². The standard InChI is InChI=1S/C17H26N4/c1-3-12-8-9-13(10-12)15(20-18)11-17-19-14-6-4-5-7-16(14)21(17)2/h4-7,12-13,15,20H,3,8-11,18H2,1-2H3. The van der Waals surface area contributed by atoms with Gasteiger partial charge in [0.05, 0.1) is 11.0 Å². The molecule has 1 fully saturated rings. The maximum absolute atomic E-state index is 5.84. The zero-order valence-corrected chi connectivity index (χ0v) is 13.0. The van der Waals surface area contributed by atoms with Crippen molar-refractivity contribution in [1.82, 2.24) is 15.0 Å². The van der Waals surface area contributed by atoms with E-state index in [1.807, 2.05) is 6.07 Å². The molecule has 1 saturated carbocycles. The topological polar surface area (TPSA) is 55.9 Å². The molecule has 1 aromatic heterocycles. The lowest BCUT2D eigenvalue weighted by molar-refractivity contribution is 0.342. The second-order valence-electron chi connectivity index (χ2n) is 6.40. The summed E-state index contributed by atoms with van der Waals surface area (Å²) in [5.41, 5.74) is 5.32. The van der Waals surface area contributed by atoms with E-state index in [-0.39, 0.29) is 0 Å². The van der Waals surface area contributed by atoms with Gasteiger partial charge < -0.3 is 4.57 Å². The van der Waals surface area contributed by atoms with Crippen molar-refractivity contribution in [3.8, 4) is 0 Å². The number of hydrogen-bond donors (Lipinski definition) is 2. The molecular weight excluding hydrogens is 260 g/mol. The molecule has 1 aromatic carbocycles. The Labute approximate surface area is 126 Å². The Morgan fingerprint density at radius 3 is 2.86 bits per heavy atom. The number of hydrazine groups is 1. The number of benzene rings is 1. The molecule has 0 amide bonds. The van der Waals surface area contributed by atoms with Crippen LogP contribution in [-0.4, -0.2) is 15.6 Å². The minimum Gasteiger partial charge on any atom is -0.331 e. The van der Waals surface area contributed by atoms with Crippen LogP contribution in [-0.2, 0) is 13.5 Å². The number of imidazole rings is 1. The van der Waals surface area contributed by atoms with Gasteiger partial charge in [-0.1, -0.05) is 31.9 Å². The third-order valence-electron chi connectivity index (χ3n) is 5.22. The van der Waals surface area contributed by atoms with Crippen LogP contribution in [0.3, 0.4) is 0 Å². The van der Waals surface area contributed by atoms with E-state index in [2.05, 4.69) is 42.2 Å². The minimum absolute atomic E-state index is 0.331. The van der Waals surface area contributed by atoms with Gasteiger partial charge in [0.25, 0.3) is 0 Å². The molecule has 21 heavy (non-hydrogen) atoms. The van der Waals surface area contributed by atoms with Crippen LogP contribution in [0.5, 0.6) is 0 Å². The number of aromatic nitrogens is 2. The van der Waals surface area contributed by atoms with Gasteiger partial charge in [-0.15, -0.1) is 0 Å². The van der Waals surface area contributed by atoms with Crippen molar-refractivity contribution < 1.29 is 0 Å². The van der Waals surface area contributed by atoms with E-state index in [4.69, 9.17) is 10.8 Å². The Hall–Kier alpha value is -1.39. The van der Waals surface area contributed by atoms with Crippen LogP contribution in [0, 0.1) is 11.8 Å². The number of nitrogens with two attached hydrogens (primary N) is 1. The average Bonchev–Trinajstić information content (AvgIpc) is 3.10. The van der Waals surface area contributed by atoms with Gasteiger partial charge in [0.2, 0.25) is 0 Å². The quantitative estimate of drug-likeness (QED) is 0.656. The molecular formula is C17H26N4. The summed E-state index contributed by atoms with van der Waals surface area (Å²) in [5, 5.41) is 0. The molecule has 0 spiro atoms. The van der Waals surface area contributed by atoms with Gasteiger partial charge in [0, 0.05) is 19.5 Å². The first-order chi connectivity index (χ1) is 10.2. The fraction of sp³-hybridized carbons (Fsp3) is 0.588. The van der Waals surface area contributed by atoms with E-state index in [1.54, 1.807) is 0 Å². The Balaban J connectivity index is 1.78. The summed E-state index contributed by atoms with van der Waals surface area (Å²) >= 11 is 0. The predicted octanol–water partition coefficient (Wildman–Crippen LogP) is 2.77. The predicted molar refractivity (Wildman–Crippen MR) is 86.7 cm³/mol. The smallest absolute Gasteiger partial charge is 0.111 e. The van der Waals surface area contributed by atoms with Crippen LogP contribution < -0.4 is 11.3 Å². The van der Waals surface area contributed by atoms with Crippen LogP contribution in [0.4, 0.5) is 0 Å². The molecule has 3 rings (SSSR count). The summed E-state index contributed by atoms with van der Waals surface area (Å²) in [6.45, 7) is 2.30. The molecule has 114 valence electrons. The number of aryl methyl sites for hydroxylation is 1. The van der Waals surface area contributed by atoms with Gasteiger partial charge in [-0.2, -0.15) is 0 Å². The first kappa shape index (κ1) is 14.5. The van der Waals surface area contributed by atoms with Gasteiger partial charge in [-0.3, -0.25) is 11.3 Å². The summed E-state index contributed by atoms with van der Waals surface area (Å²) in [7, 11) is 2.10. The first-order valence-electron chi connectivity index (χ1n) is 8.09. The summed E-state index contributed by atoms with van der Waals surface area (Å²) in [4.78, 5) is 4.78. The Bertz CT molecular complexity index is 604. The Morgan fingerprint density at radius 2 is 2.19 bits per heavy atom. The van der Waals surface area contributed by atoms with Gasteiger partial charge in [0.1, 0.15) is 5.82 Å². The SMILES string of the molecule is CCC1CCC(C(Cc2nc3ccccc3n2C)NN)C1. The highest BCUT2D eigenvalue weighted by molar-refractivity contribution is 5.75. The van der Waals surface area contributed by atoms with Crippen LogP contribution in [0.15, 0.2) is 24.3 Å². The summed E-state index contributed by atoms with van der Waals surface area (Å²) in [5.74, 6) is 8.53. The van der Waals surface area contributed by atoms with E-state index in [0.29, 0.717) is 12.0 Å². The molecule has 3 unspecified atom stereocenters. The first-order valence-corrected chi connectivity index (χ1v) is 8.09. The number of rotatable bonds is 5. The van der Waals surface area contributed by atoms with Gasteiger partial charge >= 0.3 is 0 Å². The number of fused-ring (bicyclic) bond motifs is 1. The molecule has 0 aliphatic heterocycles. The van der Waals surface area contributed by atoms with Crippen molar-refractivity contribution in [3.05, 3.63) is 30.1 Å². The van der Waals surface area contributed by atoms with Crippen LogP contribution >= 0.6 is 0 Å². The van der Waals surface area contributed by atoms with Gasteiger partial charge in [-0.05, 0) is 36.8 Å². The monoisotopic (exact) mass is 286 g/mol. The third-order valence-corrected chi connectivity index (χ3v) is 5.22. The second-order valence-corrected chi connectivity index (χ2v) is 6.40. The van der Waals surface area contributed by atoms with Crippen molar-refractivity contribution in [2.24, 2.45) is 24.7 Å². The van der Waals surface area contributed by atoms with E-state index >= 15 is 0 Å². The Morgan fingerprint density at radius 1 is 1.38 bits per heavy atom. The van der Waals surface area contributed by atoms with Crippen molar-refractivity contribution in [2.75, 3.05) is 0 Å². The fourth-order valence-electron chi connectivity index (χ4n) is 3.79. The molecule has 4 nitrogen and oxygen atoms in total. The van der Waals surface area contributed by atoms with Crippen molar-refractivity contribution in [2.45, 2.75) is 45.1 Å². The molecule has 1 aliphatic carbocycles. The maximum atomic E-state index is 5.84. The Kier molecular flexibility index (Phi) is 4.27. The minimum atomic E-state index is 0.331. The number of nitrogens with one attached hydrogen (secondary N) is 1. The molecule has 0 saturated heterocycles. The molecule has 1 aliphatic rings. The zero-order valence-electron chi connectivity index (χ0n) is 13.0. The lowest BCUT2D eigenvalue weighted by atomic mass is 9.94. The molecule has 1 heterocycles. The number of para-hydroxylation sites is 2. The summed E-state index contributed by atoms with van der Waals surface area (Å²) in [6.07, 6.45) is 6.14. The molecule has 0 bridgehead atoms. The lowest BCUT2D eigenvalue weighted by Gasteiger charge is -2.22. The average molecular weight is 286 g/mol. The summed E-state index contributed by atoms with van der Waals surface area (Å²) in [6, 6.07) is 8.64. The highest BCUT2D eigenvalue weighted by Crippen LogP contribution is 2.35. The molecule has 3 atom stereocenters. The highest BCUT2D eigenvalue weighted by atomic mass is 15.2. The van der Waals surface area contributed by atoms with Gasteiger partial charge in [0.15, 0.2) is 0 Å². The summed E-state index contributed by atoms with van der Waals surface area (Å²) < 4.78 is 2.20. The van der Waals surface area contributed by atoms with E-state index < -0.39 is 0 Å². The molecule has 2 aromatic rings. The normalized spacial score (nSPS) is 23.8. The third kappa shape index (κ3) is 2.83. The van der Waals surface area contributed by atoms with Crippen molar-refractivity contribution in [1.29, 1.82) is 0 Å². The zero-order chi connectivity index (χ0) is 14.8.